The van der Waals surface area contributed by atoms with E-state index in [-0.39, 0.29) is 18.3 Å². The van der Waals surface area contributed by atoms with Gasteiger partial charge in [0.25, 0.3) is 5.91 Å². The predicted octanol–water partition coefficient (Wildman–Crippen LogP) is 4.97. The fourth-order valence-corrected chi connectivity index (χ4v) is 3.58. The van der Waals surface area contributed by atoms with E-state index in [0.717, 1.165) is 24.7 Å². The van der Waals surface area contributed by atoms with Crippen molar-refractivity contribution in [3.8, 4) is 11.5 Å². The van der Waals surface area contributed by atoms with E-state index in [9.17, 15) is 4.79 Å². The number of anilines is 2. The first-order valence-electron chi connectivity index (χ1n) is 10.1. The van der Waals surface area contributed by atoms with Gasteiger partial charge in [-0.1, -0.05) is 19.1 Å². The summed E-state index contributed by atoms with van der Waals surface area (Å²) in [7, 11) is 1.59. The molecule has 4 rings (SSSR count). The molecule has 1 N–H and O–H groups in total. The highest BCUT2D eigenvalue weighted by Crippen LogP contribution is 2.27. The van der Waals surface area contributed by atoms with Gasteiger partial charge in [-0.25, -0.2) is 0 Å². The SMILES string of the molecule is COc1ccccc1OCc1ccc(C(=O)Nc2ccc(N3CCC(C)C3)cc2)o1. The second-order valence-corrected chi connectivity index (χ2v) is 7.55. The van der Waals surface area contributed by atoms with Crippen molar-refractivity contribution in [3.05, 3.63) is 72.2 Å². The van der Waals surface area contributed by atoms with Crippen LogP contribution in [0.1, 0.15) is 29.7 Å². The first-order valence-corrected chi connectivity index (χ1v) is 10.1. The number of amides is 1. The Morgan fingerprint density at radius 3 is 2.57 bits per heavy atom. The number of furan rings is 1. The normalized spacial score (nSPS) is 15.8. The van der Waals surface area contributed by atoms with Crippen LogP contribution in [-0.2, 0) is 6.61 Å². The summed E-state index contributed by atoms with van der Waals surface area (Å²) in [5.74, 6) is 2.50. The number of rotatable bonds is 7. The second-order valence-electron chi connectivity index (χ2n) is 7.55. The van der Waals surface area contributed by atoms with Gasteiger partial charge in [-0.2, -0.15) is 0 Å². The monoisotopic (exact) mass is 406 g/mol. The molecule has 0 spiro atoms. The molecule has 1 saturated heterocycles. The van der Waals surface area contributed by atoms with Crippen LogP contribution in [0.2, 0.25) is 0 Å². The lowest BCUT2D eigenvalue weighted by Gasteiger charge is -2.18. The molecule has 1 aliphatic rings. The average Bonchev–Trinajstić information content (AvgIpc) is 3.42. The maximum atomic E-state index is 12.5. The summed E-state index contributed by atoms with van der Waals surface area (Å²) in [6.07, 6.45) is 1.22. The van der Waals surface area contributed by atoms with Gasteiger partial charge in [-0.15, -0.1) is 0 Å². The Kier molecular flexibility index (Phi) is 5.93. The molecule has 0 aliphatic carbocycles. The number of para-hydroxylation sites is 2. The van der Waals surface area contributed by atoms with Crippen LogP contribution in [0.15, 0.2) is 65.1 Å². The number of benzene rings is 2. The van der Waals surface area contributed by atoms with E-state index in [1.807, 2.05) is 48.5 Å². The van der Waals surface area contributed by atoms with Gasteiger partial charge < -0.3 is 24.1 Å². The summed E-state index contributed by atoms with van der Waals surface area (Å²) in [6, 6.07) is 18.7. The van der Waals surface area contributed by atoms with Crippen LogP contribution >= 0.6 is 0 Å². The van der Waals surface area contributed by atoms with Crippen molar-refractivity contribution in [2.75, 3.05) is 30.4 Å². The molecule has 0 bridgehead atoms. The molecule has 2 aromatic carbocycles. The first kappa shape index (κ1) is 19.9. The lowest BCUT2D eigenvalue weighted by molar-refractivity contribution is 0.0992. The number of nitrogens with one attached hydrogen (secondary N) is 1. The fourth-order valence-electron chi connectivity index (χ4n) is 3.58. The molecule has 30 heavy (non-hydrogen) atoms. The van der Waals surface area contributed by atoms with Crippen LogP contribution in [0.25, 0.3) is 0 Å². The number of methoxy groups -OCH3 is 1. The summed E-state index contributed by atoms with van der Waals surface area (Å²) in [6.45, 7) is 4.64. The van der Waals surface area contributed by atoms with Crippen molar-refractivity contribution in [1.82, 2.24) is 0 Å². The standard InChI is InChI=1S/C24H26N2O4/c1-17-13-14-26(15-17)19-9-7-18(8-10-19)25-24(27)23-12-11-20(30-23)16-29-22-6-4-3-5-21(22)28-2/h3-12,17H,13-16H2,1-2H3,(H,25,27). The zero-order valence-corrected chi connectivity index (χ0v) is 17.3. The Morgan fingerprint density at radius 2 is 1.87 bits per heavy atom. The molecular weight excluding hydrogens is 380 g/mol. The zero-order chi connectivity index (χ0) is 20.9. The van der Waals surface area contributed by atoms with Crippen molar-refractivity contribution in [2.24, 2.45) is 5.92 Å². The largest absolute Gasteiger partial charge is 0.493 e. The molecule has 2 heterocycles. The zero-order valence-electron chi connectivity index (χ0n) is 17.3. The molecule has 1 atom stereocenters. The van der Waals surface area contributed by atoms with Crippen molar-refractivity contribution in [3.63, 3.8) is 0 Å². The van der Waals surface area contributed by atoms with Crippen LogP contribution in [0.5, 0.6) is 11.5 Å². The molecule has 156 valence electrons. The summed E-state index contributed by atoms with van der Waals surface area (Å²) in [5.41, 5.74) is 1.92. The van der Waals surface area contributed by atoms with E-state index >= 15 is 0 Å². The topological polar surface area (TPSA) is 63.9 Å². The molecule has 1 amide bonds. The van der Waals surface area contributed by atoms with Crippen molar-refractivity contribution >= 4 is 17.3 Å². The minimum atomic E-state index is -0.291. The van der Waals surface area contributed by atoms with E-state index in [4.69, 9.17) is 13.9 Å². The number of nitrogens with zero attached hydrogens (tertiary/aromatic N) is 1. The maximum absolute atomic E-state index is 12.5. The van der Waals surface area contributed by atoms with Gasteiger partial charge >= 0.3 is 0 Å². The van der Waals surface area contributed by atoms with Crippen molar-refractivity contribution < 1.29 is 18.7 Å². The Morgan fingerprint density at radius 1 is 1.10 bits per heavy atom. The molecule has 6 nitrogen and oxygen atoms in total. The van der Waals surface area contributed by atoms with Gasteiger partial charge in [0.2, 0.25) is 0 Å². The number of ether oxygens (including phenoxy) is 2. The highest BCUT2D eigenvalue weighted by molar-refractivity contribution is 6.02. The van der Waals surface area contributed by atoms with Crippen LogP contribution < -0.4 is 19.7 Å². The first-order chi connectivity index (χ1) is 14.6. The number of carbonyl (C=O) groups is 1. The third-order valence-electron chi connectivity index (χ3n) is 5.24. The lowest BCUT2D eigenvalue weighted by atomic mass is 10.2. The quantitative estimate of drug-likeness (QED) is 0.600. The second kappa shape index (κ2) is 8.95. The summed E-state index contributed by atoms with van der Waals surface area (Å²) in [4.78, 5) is 14.9. The highest BCUT2D eigenvalue weighted by Gasteiger charge is 2.19. The Balaban J connectivity index is 1.33. The maximum Gasteiger partial charge on any atom is 0.291 e. The summed E-state index contributed by atoms with van der Waals surface area (Å²) in [5, 5.41) is 2.88. The Hall–Kier alpha value is -3.41. The molecule has 3 aromatic rings. The van der Waals surface area contributed by atoms with Crippen molar-refractivity contribution in [2.45, 2.75) is 20.0 Å². The van der Waals surface area contributed by atoms with Gasteiger partial charge in [0.15, 0.2) is 17.3 Å². The highest BCUT2D eigenvalue weighted by atomic mass is 16.5. The molecule has 0 radical (unpaired) electrons. The number of carbonyl (C=O) groups excluding carboxylic acids is 1. The number of hydrogen-bond acceptors (Lipinski definition) is 5. The summed E-state index contributed by atoms with van der Waals surface area (Å²) >= 11 is 0. The molecule has 1 unspecified atom stereocenters. The van der Waals surface area contributed by atoms with Gasteiger partial charge in [-0.3, -0.25) is 4.79 Å². The molecule has 1 aliphatic heterocycles. The van der Waals surface area contributed by atoms with Crippen molar-refractivity contribution in [1.29, 1.82) is 0 Å². The minimum absolute atomic E-state index is 0.205. The summed E-state index contributed by atoms with van der Waals surface area (Å²) < 4.78 is 16.7. The molecule has 0 saturated carbocycles. The average molecular weight is 406 g/mol. The van der Waals surface area contributed by atoms with Gasteiger partial charge in [0.05, 0.1) is 7.11 Å². The molecular formula is C24H26N2O4. The Labute approximate surface area is 176 Å². The third-order valence-corrected chi connectivity index (χ3v) is 5.24. The van der Waals surface area contributed by atoms with E-state index in [1.54, 1.807) is 19.2 Å². The predicted molar refractivity (Wildman–Crippen MR) is 116 cm³/mol. The molecule has 1 aromatic heterocycles. The smallest absolute Gasteiger partial charge is 0.291 e. The lowest BCUT2D eigenvalue weighted by Crippen LogP contribution is -2.19. The van der Waals surface area contributed by atoms with Gasteiger partial charge in [0, 0.05) is 24.5 Å². The van der Waals surface area contributed by atoms with Crippen LogP contribution in [0.3, 0.4) is 0 Å². The van der Waals surface area contributed by atoms with Crippen LogP contribution in [0, 0.1) is 5.92 Å². The van der Waals surface area contributed by atoms with Crippen LogP contribution in [-0.4, -0.2) is 26.1 Å². The van der Waals surface area contributed by atoms with Gasteiger partial charge in [-0.05, 0) is 60.9 Å². The Bertz CT molecular complexity index is 996. The van der Waals surface area contributed by atoms with Gasteiger partial charge in [0.1, 0.15) is 12.4 Å². The van der Waals surface area contributed by atoms with E-state index in [1.165, 1.54) is 12.1 Å². The van der Waals surface area contributed by atoms with E-state index < -0.39 is 0 Å². The minimum Gasteiger partial charge on any atom is -0.493 e. The van der Waals surface area contributed by atoms with E-state index in [0.29, 0.717) is 17.3 Å². The van der Waals surface area contributed by atoms with E-state index in [2.05, 4.69) is 17.1 Å². The molecule has 1 fully saturated rings. The molecule has 6 heteroatoms. The third kappa shape index (κ3) is 4.59. The fraction of sp³-hybridized carbons (Fsp3) is 0.292. The van der Waals surface area contributed by atoms with Crippen LogP contribution in [0.4, 0.5) is 11.4 Å². The number of hydrogen-bond donors (Lipinski definition) is 1.